The van der Waals surface area contributed by atoms with Crippen LogP contribution in [0.3, 0.4) is 0 Å². The third-order valence-corrected chi connectivity index (χ3v) is 5.64. The normalized spacial score (nSPS) is 23.3. The summed E-state index contributed by atoms with van der Waals surface area (Å²) in [5.41, 5.74) is 4.15. The molecule has 1 aliphatic rings. The van der Waals surface area contributed by atoms with Crippen molar-refractivity contribution in [3.63, 3.8) is 0 Å². The van der Waals surface area contributed by atoms with Gasteiger partial charge in [0.05, 0.1) is 5.41 Å². The minimum atomic E-state index is -3.84. The van der Waals surface area contributed by atoms with E-state index >= 15 is 0 Å². The summed E-state index contributed by atoms with van der Waals surface area (Å²) >= 11 is 0. The molecule has 1 aliphatic heterocycles. The summed E-state index contributed by atoms with van der Waals surface area (Å²) in [4.78, 5) is 22.3. The summed E-state index contributed by atoms with van der Waals surface area (Å²) < 4.78 is 27.5. The van der Waals surface area contributed by atoms with Crippen LogP contribution in [0.4, 0.5) is 0 Å². The van der Waals surface area contributed by atoms with E-state index in [-0.39, 0.29) is 30.1 Å². The number of hydrogen-bond donors (Lipinski definition) is 2. The van der Waals surface area contributed by atoms with Crippen LogP contribution in [0, 0.1) is 5.41 Å². The number of carboxylic acid groups (broad SMARTS) is 1. The molecule has 1 atom stereocenters. The maximum atomic E-state index is 12.5. The zero-order chi connectivity index (χ0) is 16.0. The van der Waals surface area contributed by atoms with Crippen molar-refractivity contribution in [2.75, 3.05) is 13.1 Å². The average Bonchev–Trinajstić information content (AvgIpc) is 2.94. The molecule has 9 heteroatoms. The zero-order valence-electron chi connectivity index (χ0n) is 11.7. The highest BCUT2D eigenvalue weighted by Gasteiger charge is 2.45. The quantitative estimate of drug-likeness (QED) is 0.783. The Bertz CT molecular complexity index is 708. The molecule has 0 aromatic carbocycles. The molecule has 1 amide bonds. The summed E-state index contributed by atoms with van der Waals surface area (Å²) in [5, 5.41) is 9.16. The van der Waals surface area contributed by atoms with Crippen molar-refractivity contribution in [3.8, 4) is 0 Å². The third kappa shape index (κ3) is 2.54. The van der Waals surface area contributed by atoms with Crippen LogP contribution < -0.4 is 5.73 Å². The molecule has 1 saturated heterocycles. The number of primary amides is 1. The lowest BCUT2D eigenvalue weighted by molar-refractivity contribution is -0.146. The summed E-state index contributed by atoms with van der Waals surface area (Å²) in [6.07, 6.45) is 1.54. The molecule has 116 valence electrons. The lowest BCUT2D eigenvalue weighted by Crippen LogP contribution is -2.34. The largest absolute Gasteiger partial charge is 0.481 e. The van der Waals surface area contributed by atoms with E-state index in [0.29, 0.717) is 0 Å². The van der Waals surface area contributed by atoms with Crippen LogP contribution in [-0.2, 0) is 21.9 Å². The first-order valence-electron chi connectivity index (χ1n) is 6.28. The number of carbonyl (C=O) groups excluding carboxylic acids is 1. The van der Waals surface area contributed by atoms with E-state index in [1.165, 1.54) is 30.8 Å². The van der Waals surface area contributed by atoms with Gasteiger partial charge in [-0.25, -0.2) is 8.42 Å². The first-order chi connectivity index (χ1) is 9.58. The van der Waals surface area contributed by atoms with E-state index in [2.05, 4.69) is 0 Å². The zero-order valence-corrected chi connectivity index (χ0v) is 12.6. The highest BCUT2D eigenvalue weighted by Crippen LogP contribution is 2.33. The smallest absolute Gasteiger partial charge is 0.310 e. The molecule has 1 fully saturated rings. The van der Waals surface area contributed by atoms with E-state index in [9.17, 15) is 18.0 Å². The van der Waals surface area contributed by atoms with Crippen LogP contribution in [0.25, 0.3) is 0 Å². The highest BCUT2D eigenvalue weighted by atomic mass is 32.2. The molecular weight excluding hydrogens is 298 g/mol. The summed E-state index contributed by atoms with van der Waals surface area (Å²) in [6.45, 7) is 1.56. The van der Waals surface area contributed by atoms with Gasteiger partial charge in [-0.1, -0.05) is 0 Å². The van der Waals surface area contributed by atoms with Crippen LogP contribution in [0.5, 0.6) is 0 Å². The Morgan fingerprint density at radius 1 is 1.43 bits per heavy atom. The number of nitrogens with two attached hydrogens (primary N) is 1. The molecule has 3 N–H and O–H groups in total. The Kier molecular flexibility index (Phi) is 3.58. The van der Waals surface area contributed by atoms with Gasteiger partial charge in [0.1, 0.15) is 10.6 Å². The van der Waals surface area contributed by atoms with E-state index in [1.807, 2.05) is 0 Å². The molecule has 1 unspecified atom stereocenters. The fraction of sp³-hybridized carbons (Fsp3) is 0.500. The molecule has 8 nitrogen and oxygen atoms in total. The van der Waals surface area contributed by atoms with Crippen molar-refractivity contribution in [3.05, 3.63) is 18.0 Å². The van der Waals surface area contributed by atoms with E-state index in [1.54, 1.807) is 0 Å². The molecule has 0 saturated carbocycles. The number of amides is 1. The Balaban J connectivity index is 2.34. The van der Waals surface area contributed by atoms with Gasteiger partial charge < -0.3 is 15.4 Å². The van der Waals surface area contributed by atoms with Gasteiger partial charge in [0, 0.05) is 26.3 Å². The van der Waals surface area contributed by atoms with Crippen LogP contribution in [-0.4, -0.2) is 47.4 Å². The Labute approximate surface area is 122 Å². The maximum absolute atomic E-state index is 12.5. The molecule has 0 aliphatic carbocycles. The standard InChI is InChI=1S/C12H17N3O5S/c1-12(11(17)18)3-4-15(7-12)21(19,20)8-5-9(10(13)16)14(2)6-8/h5-6H,3-4,7H2,1-2H3,(H2,13,16)(H,17,18). The predicted molar refractivity (Wildman–Crippen MR) is 73.0 cm³/mol. The molecule has 0 bridgehead atoms. The minimum absolute atomic E-state index is 0.0616. The summed E-state index contributed by atoms with van der Waals surface area (Å²) in [5.74, 6) is -1.75. The van der Waals surface area contributed by atoms with Crippen LogP contribution in [0.1, 0.15) is 23.8 Å². The fourth-order valence-corrected chi connectivity index (χ4v) is 4.00. The van der Waals surface area contributed by atoms with Gasteiger partial charge in [-0.05, 0) is 19.4 Å². The molecule has 2 heterocycles. The molecular formula is C12H17N3O5S. The number of carbonyl (C=O) groups is 2. The number of hydrogen-bond acceptors (Lipinski definition) is 4. The van der Waals surface area contributed by atoms with Gasteiger partial charge in [-0.15, -0.1) is 0 Å². The number of aromatic nitrogens is 1. The highest BCUT2D eigenvalue weighted by molar-refractivity contribution is 7.89. The van der Waals surface area contributed by atoms with Crippen molar-refractivity contribution >= 4 is 21.9 Å². The Morgan fingerprint density at radius 3 is 2.48 bits per heavy atom. The van der Waals surface area contributed by atoms with Crippen molar-refractivity contribution in [1.82, 2.24) is 8.87 Å². The third-order valence-electron chi connectivity index (χ3n) is 3.82. The Morgan fingerprint density at radius 2 is 2.05 bits per heavy atom. The molecule has 0 spiro atoms. The molecule has 1 aromatic rings. The van der Waals surface area contributed by atoms with Gasteiger partial charge in [0.15, 0.2) is 0 Å². The monoisotopic (exact) mass is 315 g/mol. The van der Waals surface area contributed by atoms with Gasteiger partial charge in [0.25, 0.3) is 5.91 Å². The lowest BCUT2D eigenvalue weighted by atomic mass is 9.90. The lowest BCUT2D eigenvalue weighted by Gasteiger charge is -2.19. The Hall–Kier alpha value is -1.87. The fourth-order valence-electron chi connectivity index (χ4n) is 2.37. The SMILES string of the molecule is Cn1cc(S(=O)(=O)N2CCC(C)(C(=O)O)C2)cc1C(N)=O. The summed E-state index contributed by atoms with van der Waals surface area (Å²) in [6, 6.07) is 1.20. The molecule has 21 heavy (non-hydrogen) atoms. The van der Waals surface area contributed by atoms with E-state index < -0.39 is 27.3 Å². The van der Waals surface area contributed by atoms with Crippen LogP contribution >= 0.6 is 0 Å². The second-order valence-electron chi connectivity index (χ2n) is 5.49. The second-order valence-corrected chi connectivity index (χ2v) is 7.43. The number of sulfonamides is 1. The first-order valence-corrected chi connectivity index (χ1v) is 7.72. The van der Waals surface area contributed by atoms with Crippen molar-refractivity contribution in [2.45, 2.75) is 18.2 Å². The predicted octanol–water partition coefficient (Wildman–Crippen LogP) is -0.391. The number of aliphatic carboxylic acids is 1. The minimum Gasteiger partial charge on any atom is -0.481 e. The molecule has 2 rings (SSSR count). The van der Waals surface area contributed by atoms with E-state index in [4.69, 9.17) is 10.8 Å². The number of rotatable bonds is 4. The van der Waals surface area contributed by atoms with Gasteiger partial charge in [0.2, 0.25) is 10.0 Å². The topological polar surface area (TPSA) is 123 Å². The van der Waals surface area contributed by atoms with Gasteiger partial charge >= 0.3 is 5.97 Å². The second kappa shape index (κ2) is 4.85. The molecule has 0 radical (unpaired) electrons. The van der Waals surface area contributed by atoms with Crippen LogP contribution in [0.2, 0.25) is 0 Å². The maximum Gasteiger partial charge on any atom is 0.310 e. The van der Waals surface area contributed by atoms with Crippen molar-refractivity contribution < 1.29 is 23.1 Å². The average molecular weight is 315 g/mol. The number of carboxylic acids is 1. The number of aryl methyl sites for hydroxylation is 1. The first kappa shape index (κ1) is 15.5. The summed E-state index contributed by atoms with van der Waals surface area (Å²) in [7, 11) is -2.32. The van der Waals surface area contributed by atoms with E-state index in [0.717, 1.165) is 4.31 Å². The van der Waals surface area contributed by atoms with Gasteiger partial charge in [-0.2, -0.15) is 4.31 Å². The van der Waals surface area contributed by atoms with Crippen molar-refractivity contribution in [1.29, 1.82) is 0 Å². The number of nitrogens with zero attached hydrogens (tertiary/aromatic N) is 2. The van der Waals surface area contributed by atoms with Crippen LogP contribution in [0.15, 0.2) is 17.2 Å². The van der Waals surface area contributed by atoms with Crippen molar-refractivity contribution in [2.24, 2.45) is 18.2 Å². The van der Waals surface area contributed by atoms with Gasteiger partial charge in [-0.3, -0.25) is 9.59 Å². The molecule has 1 aromatic heterocycles.